The number of hydrogen-bond donors (Lipinski definition) is 0. The molecule has 2 aromatic rings. The number of fused-ring (bicyclic) bond motifs is 1. The van der Waals surface area contributed by atoms with Crippen LogP contribution in [0.1, 0.15) is 6.92 Å². The molecule has 25 heavy (non-hydrogen) atoms. The van der Waals surface area contributed by atoms with Crippen LogP contribution in [0.25, 0.3) is 10.2 Å². The first-order valence-corrected chi connectivity index (χ1v) is 10.2. The summed E-state index contributed by atoms with van der Waals surface area (Å²) in [6.07, 6.45) is 3.39. The number of aromatic nitrogens is 1. The molecular formula is C17H20N2O4S2. The van der Waals surface area contributed by atoms with E-state index in [-0.39, 0.29) is 5.76 Å². The summed E-state index contributed by atoms with van der Waals surface area (Å²) in [6.45, 7) is 4.16. The van der Waals surface area contributed by atoms with Crippen molar-refractivity contribution in [3.63, 3.8) is 0 Å². The number of nitrogens with zero attached hydrogens (tertiary/aromatic N) is 2. The summed E-state index contributed by atoms with van der Waals surface area (Å²) in [5.74, 6) is 1.48. The number of aryl methyl sites for hydroxylation is 1. The third-order valence-electron chi connectivity index (χ3n) is 3.54. The van der Waals surface area contributed by atoms with Crippen LogP contribution in [0.5, 0.6) is 5.75 Å². The van der Waals surface area contributed by atoms with Gasteiger partial charge in [0, 0.05) is 12.3 Å². The monoisotopic (exact) mass is 380 g/mol. The number of carbonyl (C=O) groups excluding carboxylic acids is 1. The van der Waals surface area contributed by atoms with E-state index < -0.39 is 5.91 Å². The van der Waals surface area contributed by atoms with Crippen LogP contribution in [-0.4, -0.2) is 42.3 Å². The smallest absolute Gasteiger partial charge is 0.317 e. The number of rotatable bonds is 6. The molecule has 6 nitrogen and oxygen atoms in total. The lowest BCUT2D eigenvalue weighted by Gasteiger charge is -2.12. The van der Waals surface area contributed by atoms with Gasteiger partial charge < -0.3 is 18.8 Å². The average molecular weight is 380 g/mol. The van der Waals surface area contributed by atoms with Crippen molar-refractivity contribution < 1.29 is 19.0 Å². The van der Waals surface area contributed by atoms with E-state index in [2.05, 4.69) is 15.8 Å². The highest BCUT2D eigenvalue weighted by Gasteiger charge is 2.15. The fourth-order valence-electron chi connectivity index (χ4n) is 2.42. The number of ether oxygens (including phenoxy) is 3. The minimum Gasteiger partial charge on any atom is -0.494 e. The molecule has 134 valence electrons. The Bertz CT molecular complexity index is 854. The van der Waals surface area contributed by atoms with Crippen molar-refractivity contribution in [2.24, 2.45) is 4.99 Å². The first-order chi connectivity index (χ1) is 12.2. The van der Waals surface area contributed by atoms with Gasteiger partial charge in [0.25, 0.3) is 0 Å². The molecule has 1 aliphatic rings. The van der Waals surface area contributed by atoms with Gasteiger partial charge in [0.05, 0.1) is 16.8 Å². The molecule has 0 saturated carbocycles. The Kier molecular flexibility index (Phi) is 6.04. The van der Waals surface area contributed by atoms with Gasteiger partial charge in [-0.15, -0.1) is 0 Å². The van der Waals surface area contributed by atoms with Gasteiger partial charge in [-0.3, -0.25) is 4.79 Å². The highest BCUT2D eigenvalue weighted by molar-refractivity contribution is 7.98. The summed E-state index contributed by atoms with van der Waals surface area (Å²) in [4.78, 5) is 17.3. The van der Waals surface area contributed by atoms with Crippen LogP contribution < -0.4 is 9.54 Å². The number of thiazole rings is 1. The molecule has 0 bridgehead atoms. The molecule has 1 aromatic carbocycles. The number of benzene rings is 1. The second kappa shape index (κ2) is 8.44. The zero-order valence-corrected chi connectivity index (χ0v) is 15.8. The second-order valence-electron chi connectivity index (χ2n) is 5.21. The van der Waals surface area contributed by atoms with Gasteiger partial charge in [-0.2, -0.15) is 16.8 Å². The SMILES string of the molecule is CCOc1ccc2c(c1)sc(=NC(=O)C1=COCCO1)n2CCSC. The standard InChI is InChI=1S/C17H20N2O4S2/c1-3-22-12-4-5-13-15(10-12)25-17(19(13)6-9-24-2)18-16(20)14-11-21-7-8-23-14/h4-5,10-11H,3,6-9H2,1-2H3. The lowest BCUT2D eigenvalue weighted by molar-refractivity contribution is -0.119. The number of hydrogen-bond acceptors (Lipinski definition) is 6. The fraction of sp³-hybridized carbons (Fsp3) is 0.412. The lowest BCUT2D eigenvalue weighted by Crippen LogP contribution is -2.20. The fourth-order valence-corrected chi connectivity index (χ4v) is 3.86. The minimum absolute atomic E-state index is 0.148. The molecule has 0 radical (unpaired) electrons. The van der Waals surface area contributed by atoms with E-state index in [4.69, 9.17) is 14.2 Å². The van der Waals surface area contributed by atoms with Crippen molar-refractivity contribution in [3.8, 4) is 5.75 Å². The van der Waals surface area contributed by atoms with Crippen molar-refractivity contribution in [3.05, 3.63) is 35.0 Å². The van der Waals surface area contributed by atoms with Crippen LogP contribution in [0.4, 0.5) is 0 Å². The van der Waals surface area contributed by atoms with Crippen molar-refractivity contribution >= 4 is 39.2 Å². The molecule has 1 aliphatic heterocycles. The Labute approximate surface area is 154 Å². The van der Waals surface area contributed by atoms with Crippen LogP contribution in [0.2, 0.25) is 0 Å². The maximum absolute atomic E-state index is 12.4. The minimum atomic E-state index is -0.422. The molecule has 0 spiro atoms. The predicted molar refractivity (Wildman–Crippen MR) is 99.9 cm³/mol. The van der Waals surface area contributed by atoms with Gasteiger partial charge in [0.15, 0.2) is 4.80 Å². The van der Waals surface area contributed by atoms with Gasteiger partial charge in [-0.1, -0.05) is 11.3 Å². The summed E-state index contributed by atoms with van der Waals surface area (Å²) in [6, 6.07) is 5.95. The molecule has 0 aliphatic carbocycles. The van der Waals surface area contributed by atoms with Crippen LogP contribution in [0.15, 0.2) is 35.2 Å². The van der Waals surface area contributed by atoms with E-state index >= 15 is 0 Å². The second-order valence-corrected chi connectivity index (χ2v) is 7.20. The summed E-state index contributed by atoms with van der Waals surface area (Å²) >= 11 is 3.22. The molecule has 2 heterocycles. The summed E-state index contributed by atoms with van der Waals surface area (Å²) < 4.78 is 19.1. The van der Waals surface area contributed by atoms with E-state index in [9.17, 15) is 4.79 Å². The third kappa shape index (κ3) is 4.19. The first kappa shape index (κ1) is 17.9. The number of amides is 1. The third-order valence-corrected chi connectivity index (χ3v) is 5.17. The van der Waals surface area contributed by atoms with Crippen molar-refractivity contribution in [1.82, 2.24) is 4.57 Å². The Morgan fingerprint density at radius 1 is 1.44 bits per heavy atom. The molecule has 3 rings (SSSR count). The average Bonchev–Trinajstić information content (AvgIpc) is 2.97. The van der Waals surface area contributed by atoms with Gasteiger partial charge in [0.2, 0.25) is 5.76 Å². The lowest BCUT2D eigenvalue weighted by atomic mass is 10.3. The van der Waals surface area contributed by atoms with Gasteiger partial charge in [-0.25, -0.2) is 0 Å². The van der Waals surface area contributed by atoms with E-state index in [0.717, 1.165) is 28.3 Å². The first-order valence-electron chi connectivity index (χ1n) is 8.01. The van der Waals surface area contributed by atoms with Crippen LogP contribution in [0, 0.1) is 0 Å². The van der Waals surface area contributed by atoms with Gasteiger partial charge >= 0.3 is 5.91 Å². The Balaban J connectivity index is 2.03. The van der Waals surface area contributed by atoms with Gasteiger partial charge in [-0.05, 0) is 31.4 Å². The zero-order valence-electron chi connectivity index (χ0n) is 14.2. The highest BCUT2D eigenvalue weighted by Crippen LogP contribution is 2.24. The van der Waals surface area contributed by atoms with E-state index in [1.807, 2.05) is 25.1 Å². The topological polar surface area (TPSA) is 62.1 Å². The number of carbonyl (C=O) groups is 1. The highest BCUT2D eigenvalue weighted by atomic mass is 32.2. The molecule has 0 saturated heterocycles. The molecule has 0 fully saturated rings. The Morgan fingerprint density at radius 2 is 2.32 bits per heavy atom. The zero-order chi connectivity index (χ0) is 17.6. The van der Waals surface area contributed by atoms with Crippen LogP contribution >= 0.6 is 23.1 Å². The molecule has 8 heteroatoms. The summed E-state index contributed by atoms with van der Waals surface area (Å²) in [5.41, 5.74) is 1.05. The molecule has 1 aromatic heterocycles. The van der Waals surface area contributed by atoms with Crippen molar-refractivity contribution in [1.29, 1.82) is 0 Å². The molecule has 0 N–H and O–H groups in total. The van der Waals surface area contributed by atoms with E-state index in [1.54, 1.807) is 11.8 Å². The van der Waals surface area contributed by atoms with E-state index in [0.29, 0.717) is 24.6 Å². The van der Waals surface area contributed by atoms with Crippen LogP contribution in [-0.2, 0) is 20.8 Å². The maximum Gasteiger partial charge on any atom is 0.317 e. The van der Waals surface area contributed by atoms with Gasteiger partial charge in [0.1, 0.15) is 25.2 Å². The van der Waals surface area contributed by atoms with Crippen LogP contribution in [0.3, 0.4) is 0 Å². The quantitative estimate of drug-likeness (QED) is 0.771. The number of thioether (sulfide) groups is 1. The molecule has 1 amide bonds. The summed E-state index contributed by atoms with van der Waals surface area (Å²) in [5, 5.41) is 0. The Morgan fingerprint density at radius 3 is 3.04 bits per heavy atom. The largest absolute Gasteiger partial charge is 0.494 e. The van der Waals surface area contributed by atoms with Crippen molar-refractivity contribution in [2.75, 3.05) is 31.8 Å². The van der Waals surface area contributed by atoms with E-state index in [1.165, 1.54) is 17.6 Å². The van der Waals surface area contributed by atoms with Crippen molar-refractivity contribution in [2.45, 2.75) is 13.5 Å². The predicted octanol–water partition coefficient (Wildman–Crippen LogP) is 2.78. The maximum atomic E-state index is 12.4. The molecular weight excluding hydrogens is 360 g/mol. The molecule has 0 atom stereocenters. The Hall–Kier alpha value is -1.93. The summed E-state index contributed by atoms with van der Waals surface area (Å²) in [7, 11) is 0. The normalized spacial score (nSPS) is 14.8. The molecule has 0 unspecified atom stereocenters.